The minimum absolute atomic E-state index is 0.0545. The Bertz CT molecular complexity index is 1710. The third kappa shape index (κ3) is 5.37. The average molecular weight is 611 g/mol. The van der Waals surface area contributed by atoms with E-state index in [-0.39, 0.29) is 31.2 Å². The normalized spacial score (nSPS) is 20.7. The van der Waals surface area contributed by atoms with Crippen molar-refractivity contribution in [3.63, 3.8) is 0 Å². The van der Waals surface area contributed by atoms with Crippen molar-refractivity contribution in [1.82, 2.24) is 18.5 Å². The van der Waals surface area contributed by atoms with Crippen molar-refractivity contribution in [2.75, 3.05) is 40.4 Å². The van der Waals surface area contributed by atoms with E-state index < -0.39 is 16.1 Å². The first-order valence-electron chi connectivity index (χ1n) is 14.4. The first kappa shape index (κ1) is 28.9. The predicted octanol–water partition coefficient (Wildman–Crippen LogP) is 4.80. The van der Waals surface area contributed by atoms with E-state index >= 15 is 0 Å². The smallest absolute Gasteiger partial charge is 0.303 e. The van der Waals surface area contributed by atoms with Crippen molar-refractivity contribution in [2.45, 2.75) is 44.6 Å². The van der Waals surface area contributed by atoms with E-state index in [0.717, 1.165) is 57.7 Å². The fraction of sp³-hybridized carbons (Fsp3) is 0.419. The maximum Gasteiger partial charge on any atom is 0.303 e. The van der Waals surface area contributed by atoms with Crippen LogP contribution in [0.4, 0.5) is 0 Å². The zero-order chi connectivity index (χ0) is 29.6. The molecule has 2 aliphatic heterocycles. The molecule has 1 N–H and O–H groups in total. The topological polar surface area (TPSA) is 101 Å². The molecule has 222 valence electrons. The number of carbonyl (C=O) groups is 2. The molecule has 3 aromatic rings. The van der Waals surface area contributed by atoms with Crippen LogP contribution >= 0.6 is 11.6 Å². The molecule has 2 aromatic carbocycles. The van der Waals surface area contributed by atoms with Crippen LogP contribution in [-0.2, 0) is 26.3 Å². The lowest BCUT2D eigenvalue weighted by Gasteiger charge is -2.24. The van der Waals surface area contributed by atoms with Crippen LogP contribution in [0.15, 0.2) is 42.0 Å². The summed E-state index contributed by atoms with van der Waals surface area (Å²) in [6.07, 6.45) is 7.54. The molecule has 9 nitrogen and oxygen atoms in total. The molecule has 2 amide bonds. The number of likely N-dealkylation sites (N-methyl/N-ethyl adjacent to an activating group) is 2. The first-order valence-corrected chi connectivity index (χ1v) is 16.2. The van der Waals surface area contributed by atoms with Gasteiger partial charge in [0.25, 0.3) is 11.8 Å². The van der Waals surface area contributed by atoms with Gasteiger partial charge in [0, 0.05) is 59.8 Å². The highest BCUT2D eigenvalue weighted by molar-refractivity contribution is 7.87. The summed E-state index contributed by atoms with van der Waals surface area (Å²) >= 11 is 6.48. The van der Waals surface area contributed by atoms with Gasteiger partial charge in [0.2, 0.25) is 0 Å². The second-order valence-electron chi connectivity index (χ2n) is 11.4. The summed E-state index contributed by atoms with van der Waals surface area (Å²) in [5.41, 5.74) is 5.70. The molecule has 4 bridgehead atoms. The average Bonchev–Trinajstić information content (AvgIpc) is 3.18. The highest BCUT2D eigenvalue weighted by Crippen LogP contribution is 2.47. The summed E-state index contributed by atoms with van der Waals surface area (Å²) < 4.78 is 36.9. The fourth-order valence-electron chi connectivity index (χ4n) is 6.40. The van der Waals surface area contributed by atoms with Crippen LogP contribution in [0, 0.1) is 0 Å². The molecule has 1 saturated carbocycles. The monoisotopic (exact) mass is 610 g/mol. The molecular weight excluding hydrogens is 576 g/mol. The quantitative estimate of drug-likeness (QED) is 0.427. The number of hydrogen-bond donors (Lipinski definition) is 1. The second kappa shape index (κ2) is 11.5. The van der Waals surface area contributed by atoms with Gasteiger partial charge in [-0.2, -0.15) is 12.7 Å². The molecule has 42 heavy (non-hydrogen) atoms. The van der Waals surface area contributed by atoms with Gasteiger partial charge in [-0.05, 0) is 60.2 Å². The summed E-state index contributed by atoms with van der Waals surface area (Å²) in [6.45, 7) is 1.04. The van der Waals surface area contributed by atoms with Crippen LogP contribution in [0.5, 0.6) is 0 Å². The Morgan fingerprint density at radius 3 is 2.52 bits per heavy atom. The van der Waals surface area contributed by atoms with Gasteiger partial charge in [0.15, 0.2) is 0 Å². The summed E-state index contributed by atoms with van der Waals surface area (Å²) in [4.78, 5) is 28.8. The fourth-order valence-corrected chi connectivity index (χ4v) is 7.40. The van der Waals surface area contributed by atoms with E-state index in [1.807, 2.05) is 30.3 Å². The predicted molar refractivity (Wildman–Crippen MR) is 164 cm³/mol. The Kier molecular flexibility index (Phi) is 7.91. The summed E-state index contributed by atoms with van der Waals surface area (Å²) in [5, 5.41) is 1.60. The number of amides is 2. The Balaban J connectivity index is 1.60. The number of carbonyl (C=O) groups excluding carboxylic acids is 2. The zero-order valence-electron chi connectivity index (χ0n) is 23.9. The maximum absolute atomic E-state index is 13.8. The molecule has 1 fully saturated rings. The van der Waals surface area contributed by atoms with Crippen molar-refractivity contribution >= 4 is 50.6 Å². The molecule has 3 aliphatic rings. The van der Waals surface area contributed by atoms with E-state index in [9.17, 15) is 18.0 Å². The van der Waals surface area contributed by atoms with Crippen molar-refractivity contribution in [1.29, 1.82) is 0 Å². The van der Waals surface area contributed by atoms with Gasteiger partial charge >= 0.3 is 10.2 Å². The molecule has 1 aromatic heterocycles. The van der Waals surface area contributed by atoms with Gasteiger partial charge in [-0.25, -0.2) is 4.72 Å². The Labute approximate surface area is 251 Å². The van der Waals surface area contributed by atoms with Gasteiger partial charge in [-0.1, -0.05) is 43.0 Å². The summed E-state index contributed by atoms with van der Waals surface area (Å²) in [5.74, 6) is -0.517. The molecular formula is C31H35ClN4O5S. The van der Waals surface area contributed by atoms with Gasteiger partial charge < -0.3 is 14.2 Å². The van der Waals surface area contributed by atoms with Crippen molar-refractivity contribution in [3.8, 4) is 11.3 Å². The van der Waals surface area contributed by atoms with Crippen LogP contribution in [0.25, 0.3) is 28.2 Å². The Hall–Kier alpha value is -3.18. The number of ether oxygens (including phenoxy) is 1. The third-order valence-electron chi connectivity index (χ3n) is 8.68. The molecule has 1 aliphatic carbocycles. The largest absolute Gasteiger partial charge is 0.378 e. The lowest BCUT2D eigenvalue weighted by molar-refractivity contribution is -0.126. The number of hydrogen-bond acceptors (Lipinski definition) is 5. The Morgan fingerprint density at radius 1 is 0.976 bits per heavy atom. The van der Waals surface area contributed by atoms with Gasteiger partial charge in [-0.3, -0.25) is 9.59 Å². The number of nitrogens with zero attached hydrogens (tertiary/aromatic N) is 3. The van der Waals surface area contributed by atoms with Crippen LogP contribution in [0.2, 0.25) is 5.02 Å². The third-order valence-corrected chi connectivity index (χ3v) is 10.4. The highest BCUT2D eigenvalue weighted by Gasteiger charge is 2.31. The molecule has 0 spiro atoms. The van der Waals surface area contributed by atoms with Crippen LogP contribution in [-0.4, -0.2) is 74.4 Å². The minimum atomic E-state index is -4.08. The maximum atomic E-state index is 13.8. The van der Waals surface area contributed by atoms with E-state index in [1.165, 1.54) is 19.0 Å². The van der Waals surface area contributed by atoms with Crippen molar-refractivity contribution in [2.24, 2.45) is 0 Å². The molecule has 0 saturated heterocycles. The number of benzene rings is 2. The van der Waals surface area contributed by atoms with Crippen LogP contribution in [0.1, 0.15) is 59.5 Å². The summed E-state index contributed by atoms with van der Waals surface area (Å²) in [6, 6.07) is 11.2. The van der Waals surface area contributed by atoms with E-state index in [4.69, 9.17) is 16.3 Å². The minimum Gasteiger partial charge on any atom is -0.378 e. The molecule has 3 heterocycles. The zero-order valence-corrected chi connectivity index (χ0v) is 25.4. The van der Waals surface area contributed by atoms with Crippen molar-refractivity contribution < 1.29 is 22.7 Å². The molecule has 6 rings (SSSR count). The number of rotatable bonds is 1. The van der Waals surface area contributed by atoms with Crippen molar-refractivity contribution in [3.05, 3.63) is 63.7 Å². The number of fused-ring (bicyclic) bond motifs is 4. The molecule has 0 atom stereocenters. The Morgan fingerprint density at radius 2 is 1.74 bits per heavy atom. The van der Waals surface area contributed by atoms with E-state index in [2.05, 4.69) is 9.29 Å². The highest BCUT2D eigenvalue weighted by atomic mass is 35.5. The number of nitrogens with one attached hydrogen (secondary N) is 1. The molecule has 11 heteroatoms. The van der Waals surface area contributed by atoms with Crippen LogP contribution < -0.4 is 4.72 Å². The van der Waals surface area contributed by atoms with E-state index in [0.29, 0.717) is 29.6 Å². The second-order valence-corrected chi connectivity index (χ2v) is 13.6. The summed E-state index contributed by atoms with van der Waals surface area (Å²) in [7, 11) is -0.948. The molecule has 0 unspecified atom stereocenters. The van der Waals surface area contributed by atoms with Gasteiger partial charge in [-0.15, -0.1) is 0 Å². The van der Waals surface area contributed by atoms with Gasteiger partial charge in [0.05, 0.1) is 25.5 Å². The SMILES string of the molecule is CN1CCOCCN(C)S(=O)(=O)NC(=O)c2ccc3c(C4CCCCC4)c4n(c3c2)CC(=Cc2cc(Cl)ccc2-4)C1=O. The number of halogens is 1. The first-order chi connectivity index (χ1) is 20.1. The van der Waals surface area contributed by atoms with E-state index in [1.54, 1.807) is 24.1 Å². The lowest BCUT2D eigenvalue weighted by atomic mass is 9.81. The van der Waals surface area contributed by atoms with Crippen LogP contribution in [0.3, 0.4) is 0 Å². The number of aromatic nitrogens is 1. The standard InChI is InChI=1S/C31H35ClN4O5S/c1-34-12-14-41-15-13-35(2)42(39,40)33-30(37)21-8-10-26-27(18-21)36-19-23(31(34)38)16-22-17-24(32)9-11-25(22)29(36)28(26)20-6-4-3-5-7-20/h8-11,16-18,20H,3-7,12-15,19H2,1-2H3,(H,33,37). The molecule has 0 radical (unpaired) electrons. The van der Waals surface area contributed by atoms with Gasteiger partial charge in [0.1, 0.15) is 0 Å². The lowest BCUT2D eigenvalue weighted by Crippen LogP contribution is -2.42.